The van der Waals surface area contributed by atoms with Gasteiger partial charge in [-0.3, -0.25) is 9.48 Å². The molecule has 2 fully saturated rings. The number of likely N-dealkylation sites (N-methyl/N-ethyl adjacent to an activating group) is 1. The van der Waals surface area contributed by atoms with Crippen LogP contribution in [0.2, 0.25) is 0 Å². The van der Waals surface area contributed by atoms with Crippen LogP contribution >= 0.6 is 0 Å². The van der Waals surface area contributed by atoms with Crippen molar-refractivity contribution in [1.82, 2.24) is 19.6 Å². The highest BCUT2D eigenvalue weighted by Crippen LogP contribution is 2.23. The Balaban J connectivity index is 1.65. The van der Waals surface area contributed by atoms with Crippen molar-refractivity contribution >= 4 is 5.91 Å². The summed E-state index contributed by atoms with van der Waals surface area (Å²) in [7, 11) is 1.87. The predicted octanol–water partition coefficient (Wildman–Crippen LogP) is 0.284. The number of morpholine rings is 1. The van der Waals surface area contributed by atoms with Crippen molar-refractivity contribution in [3.63, 3.8) is 0 Å². The van der Waals surface area contributed by atoms with Gasteiger partial charge in [0.1, 0.15) is 0 Å². The Morgan fingerprint density at radius 2 is 2.33 bits per heavy atom. The third-order valence-electron chi connectivity index (χ3n) is 4.55. The van der Waals surface area contributed by atoms with Crippen molar-refractivity contribution < 1.29 is 9.53 Å². The van der Waals surface area contributed by atoms with Crippen LogP contribution in [0.25, 0.3) is 0 Å². The van der Waals surface area contributed by atoms with Crippen LogP contribution in [-0.2, 0) is 23.0 Å². The van der Waals surface area contributed by atoms with E-state index in [0.717, 1.165) is 31.6 Å². The summed E-state index contributed by atoms with van der Waals surface area (Å²) in [6.45, 7) is 6.59. The summed E-state index contributed by atoms with van der Waals surface area (Å²) in [5.41, 5.74) is 0.983. The number of nitrogens with zero attached hydrogens (tertiary/aromatic N) is 4. The summed E-state index contributed by atoms with van der Waals surface area (Å²) in [6.07, 6.45) is 5.31. The quantitative estimate of drug-likeness (QED) is 0.803. The number of aryl methyl sites for hydroxylation is 1. The molecule has 0 bridgehead atoms. The molecular formula is C15H24N4O2. The van der Waals surface area contributed by atoms with E-state index in [4.69, 9.17) is 4.74 Å². The van der Waals surface area contributed by atoms with Crippen LogP contribution in [0.1, 0.15) is 18.9 Å². The molecule has 116 valence electrons. The lowest BCUT2D eigenvalue weighted by atomic mass is 9.97. The third-order valence-corrected chi connectivity index (χ3v) is 4.55. The summed E-state index contributed by atoms with van der Waals surface area (Å²) in [4.78, 5) is 17.0. The fourth-order valence-electron chi connectivity index (χ4n) is 3.39. The van der Waals surface area contributed by atoms with Crippen LogP contribution in [0.5, 0.6) is 0 Å². The average Bonchev–Trinajstić information content (AvgIpc) is 2.91. The van der Waals surface area contributed by atoms with E-state index in [9.17, 15) is 4.79 Å². The topological polar surface area (TPSA) is 50.6 Å². The third kappa shape index (κ3) is 3.11. The Kier molecular flexibility index (Phi) is 4.26. The van der Waals surface area contributed by atoms with Gasteiger partial charge >= 0.3 is 0 Å². The van der Waals surface area contributed by atoms with Crippen molar-refractivity contribution in [3.8, 4) is 0 Å². The number of amides is 1. The van der Waals surface area contributed by atoms with Gasteiger partial charge in [-0.05, 0) is 18.5 Å². The zero-order valence-corrected chi connectivity index (χ0v) is 12.9. The van der Waals surface area contributed by atoms with E-state index in [1.54, 1.807) is 10.9 Å². The number of carbonyl (C=O) groups excluding carboxylic acids is 1. The Hall–Kier alpha value is -1.40. The summed E-state index contributed by atoms with van der Waals surface area (Å²) < 4.78 is 7.64. The molecule has 2 aliphatic heterocycles. The molecule has 6 nitrogen and oxygen atoms in total. The molecule has 0 aromatic carbocycles. The van der Waals surface area contributed by atoms with Gasteiger partial charge in [-0.15, -0.1) is 0 Å². The van der Waals surface area contributed by atoms with Gasteiger partial charge in [-0.25, -0.2) is 0 Å². The zero-order valence-electron chi connectivity index (χ0n) is 12.9. The van der Waals surface area contributed by atoms with Crippen molar-refractivity contribution in [3.05, 3.63) is 18.0 Å². The van der Waals surface area contributed by atoms with Gasteiger partial charge in [-0.2, -0.15) is 5.10 Å². The van der Waals surface area contributed by atoms with Crippen molar-refractivity contribution in [1.29, 1.82) is 0 Å². The fraction of sp³-hybridized carbons (Fsp3) is 0.733. The normalized spacial score (nSPS) is 26.7. The molecule has 0 saturated carbocycles. The molecule has 2 aliphatic rings. The molecule has 1 aromatic rings. The number of piperidine rings is 1. The Morgan fingerprint density at radius 1 is 1.48 bits per heavy atom. The van der Waals surface area contributed by atoms with Gasteiger partial charge in [0, 0.05) is 32.9 Å². The highest BCUT2D eigenvalue weighted by atomic mass is 16.5. The number of fused-ring (bicyclic) bond motifs is 1. The summed E-state index contributed by atoms with van der Waals surface area (Å²) in [6, 6.07) is 0.241. The molecule has 0 unspecified atom stereocenters. The average molecular weight is 292 g/mol. The van der Waals surface area contributed by atoms with Crippen molar-refractivity contribution in [2.45, 2.75) is 31.9 Å². The van der Waals surface area contributed by atoms with Gasteiger partial charge < -0.3 is 14.5 Å². The molecule has 0 radical (unpaired) electrons. The van der Waals surface area contributed by atoms with Crippen molar-refractivity contribution in [2.24, 2.45) is 7.05 Å². The standard InChI is InChI=1S/C15H24N4O2/c1-3-18-5-4-13-14(11-18)21-7-6-19(13)15(20)8-12-9-16-17(2)10-12/h9-10,13-14H,3-8,11H2,1-2H3/t13-,14+/m0/s1. The minimum atomic E-state index is 0.172. The minimum Gasteiger partial charge on any atom is -0.373 e. The maximum atomic E-state index is 12.6. The Labute approximate surface area is 125 Å². The number of carbonyl (C=O) groups is 1. The molecule has 1 aromatic heterocycles. The smallest absolute Gasteiger partial charge is 0.227 e. The molecule has 0 N–H and O–H groups in total. The molecule has 2 saturated heterocycles. The lowest BCUT2D eigenvalue weighted by Crippen LogP contribution is -2.60. The highest BCUT2D eigenvalue weighted by molar-refractivity contribution is 5.79. The zero-order chi connectivity index (χ0) is 14.8. The highest BCUT2D eigenvalue weighted by Gasteiger charge is 2.38. The maximum Gasteiger partial charge on any atom is 0.227 e. The summed E-state index contributed by atoms with van der Waals surface area (Å²) in [5.74, 6) is 0.200. The van der Waals surface area contributed by atoms with E-state index < -0.39 is 0 Å². The monoisotopic (exact) mass is 292 g/mol. The first kappa shape index (κ1) is 14.5. The summed E-state index contributed by atoms with van der Waals surface area (Å²) >= 11 is 0. The number of hydrogen-bond donors (Lipinski definition) is 0. The molecule has 2 atom stereocenters. The van der Waals surface area contributed by atoms with Gasteiger partial charge in [-0.1, -0.05) is 6.92 Å². The second-order valence-electron chi connectivity index (χ2n) is 5.94. The minimum absolute atomic E-state index is 0.172. The van der Waals surface area contributed by atoms with Gasteiger partial charge in [0.15, 0.2) is 0 Å². The molecule has 3 heterocycles. The largest absolute Gasteiger partial charge is 0.373 e. The van der Waals surface area contributed by atoms with Crippen LogP contribution in [0.3, 0.4) is 0 Å². The molecule has 21 heavy (non-hydrogen) atoms. The second-order valence-corrected chi connectivity index (χ2v) is 5.94. The van der Waals surface area contributed by atoms with Crippen LogP contribution < -0.4 is 0 Å². The first-order valence-electron chi connectivity index (χ1n) is 7.78. The number of rotatable bonds is 3. The fourth-order valence-corrected chi connectivity index (χ4v) is 3.39. The first-order chi connectivity index (χ1) is 10.2. The molecule has 0 aliphatic carbocycles. The number of likely N-dealkylation sites (tertiary alicyclic amines) is 1. The van der Waals surface area contributed by atoms with Crippen LogP contribution in [-0.4, -0.2) is 70.4 Å². The lowest BCUT2D eigenvalue weighted by molar-refractivity contribution is -0.151. The summed E-state index contributed by atoms with van der Waals surface area (Å²) in [5, 5.41) is 4.13. The number of hydrogen-bond acceptors (Lipinski definition) is 4. The Morgan fingerprint density at radius 3 is 3.05 bits per heavy atom. The van der Waals surface area contributed by atoms with Crippen molar-refractivity contribution in [2.75, 3.05) is 32.8 Å². The van der Waals surface area contributed by atoms with E-state index in [-0.39, 0.29) is 18.1 Å². The molecule has 6 heteroatoms. The van der Waals surface area contributed by atoms with E-state index in [0.29, 0.717) is 19.6 Å². The molecule has 0 spiro atoms. The molecule has 1 amide bonds. The molecular weight excluding hydrogens is 268 g/mol. The van der Waals surface area contributed by atoms with Crippen LogP contribution in [0.4, 0.5) is 0 Å². The SMILES string of the molecule is CCN1CC[C@H]2[C@@H](C1)OCCN2C(=O)Cc1cnn(C)c1. The van der Waals surface area contributed by atoms with Crippen LogP contribution in [0.15, 0.2) is 12.4 Å². The van der Waals surface area contributed by atoms with E-state index in [1.165, 1.54) is 0 Å². The molecule has 3 rings (SSSR count). The predicted molar refractivity (Wildman–Crippen MR) is 78.9 cm³/mol. The lowest BCUT2D eigenvalue weighted by Gasteiger charge is -2.46. The van der Waals surface area contributed by atoms with Gasteiger partial charge in [0.25, 0.3) is 0 Å². The number of ether oxygens (including phenoxy) is 1. The maximum absolute atomic E-state index is 12.6. The Bertz CT molecular complexity index is 502. The van der Waals surface area contributed by atoms with E-state index >= 15 is 0 Å². The number of aromatic nitrogens is 2. The van der Waals surface area contributed by atoms with Gasteiger partial charge in [0.2, 0.25) is 5.91 Å². The van der Waals surface area contributed by atoms with Crippen LogP contribution in [0, 0.1) is 0 Å². The van der Waals surface area contributed by atoms with E-state index in [2.05, 4.69) is 16.9 Å². The first-order valence-corrected chi connectivity index (χ1v) is 7.78. The second kappa shape index (κ2) is 6.15. The van der Waals surface area contributed by atoms with Gasteiger partial charge in [0.05, 0.1) is 31.4 Å². The van der Waals surface area contributed by atoms with E-state index in [1.807, 2.05) is 18.1 Å².